The Morgan fingerprint density at radius 1 is 0.926 bits per heavy atom. The Labute approximate surface area is 162 Å². The van der Waals surface area contributed by atoms with Gasteiger partial charge < -0.3 is 14.8 Å². The quantitative estimate of drug-likeness (QED) is 0.696. The molecule has 2 aromatic rings. The van der Waals surface area contributed by atoms with Crippen LogP contribution in [0.25, 0.3) is 0 Å². The zero-order valence-electron chi connectivity index (χ0n) is 17.0. The molecule has 1 N–H and O–H groups in total. The Morgan fingerprint density at radius 3 is 2.15 bits per heavy atom. The molecule has 0 radical (unpaired) electrons. The smallest absolute Gasteiger partial charge is 0.220 e. The predicted molar refractivity (Wildman–Crippen MR) is 109 cm³/mol. The minimum absolute atomic E-state index is 0.00370. The molecular formula is C23H31NO3. The van der Waals surface area contributed by atoms with E-state index in [0.29, 0.717) is 30.3 Å². The summed E-state index contributed by atoms with van der Waals surface area (Å²) in [6.07, 6.45) is 2.17. The van der Waals surface area contributed by atoms with Gasteiger partial charge in [-0.05, 0) is 54.5 Å². The maximum Gasteiger partial charge on any atom is 0.220 e. The summed E-state index contributed by atoms with van der Waals surface area (Å²) in [5, 5.41) is 3.08. The molecule has 0 aliphatic heterocycles. The van der Waals surface area contributed by atoms with Crippen LogP contribution in [-0.2, 0) is 17.6 Å². The lowest BCUT2D eigenvalue weighted by Crippen LogP contribution is -2.26. The van der Waals surface area contributed by atoms with Gasteiger partial charge in [-0.1, -0.05) is 44.2 Å². The standard InChI is InChI=1S/C23H31NO3/c1-16(2)14-18-6-10-20(11-7-18)17(3)24-23(25)13-9-19-8-12-21(26-4)22(15-19)27-5/h6-8,10-12,15-17H,9,13-14H2,1-5H3,(H,24,25). The molecule has 0 aliphatic rings. The van der Waals surface area contributed by atoms with E-state index in [2.05, 4.69) is 43.4 Å². The molecule has 4 heteroatoms. The lowest BCUT2D eigenvalue weighted by molar-refractivity contribution is -0.121. The van der Waals surface area contributed by atoms with Crippen LogP contribution in [-0.4, -0.2) is 20.1 Å². The molecule has 0 fully saturated rings. The fourth-order valence-corrected chi connectivity index (χ4v) is 3.10. The number of aryl methyl sites for hydroxylation is 1. The fraction of sp³-hybridized carbons (Fsp3) is 0.435. The molecule has 0 aliphatic carbocycles. The van der Waals surface area contributed by atoms with E-state index in [-0.39, 0.29) is 11.9 Å². The van der Waals surface area contributed by atoms with Crippen molar-refractivity contribution in [2.75, 3.05) is 14.2 Å². The van der Waals surface area contributed by atoms with Crippen molar-refractivity contribution in [1.29, 1.82) is 0 Å². The van der Waals surface area contributed by atoms with Gasteiger partial charge in [0, 0.05) is 6.42 Å². The van der Waals surface area contributed by atoms with Crippen LogP contribution in [0.2, 0.25) is 0 Å². The van der Waals surface area contributed by atoms with Gasteiger partial charge in [-0.25, -0.2) is 0 Å². The second kappa shape index (κ2) is 10.0. The van der Waals surface area contributed by atoms with Gasteiger partial charge in [0.15, 0.2) is 11.5 Å². The highest BCUT2D eigenvalue weighted by Crippen LogP contribution is 2.28. The molecule has 0 spiro atoms. The summed E-state index contributed by atoms with van der Waals surface area (Å²) in [7, 11) is 3.23. The van der Waals surface area contributed by atoms with E-state index >= 15 is 0 Å². The first-order chi connectivity index (χ1) is 12.9. The van der Waals surface area contributed by atoms with Crippen molar-refractivity contribution >= 4 is 5.91 Å². The zero-order chi connectivity index (χ0) is 19.8. The number of hydrogen-bond acceptors (Lipinski definition) is 3. The highest BCUT2D eigenvalue weighted by molar-refractivity contribution is 5.76. The number of benzene rings is 2. The highest BCUT2D eigenvalue weighted by Gasteiger charge is 2.11. The molecule has 0 saturated carbocycles. The third-order valence-electron chi connectivity index (χ3n) is 4.59. The highest BCUT2D eigenvalue weighted by atomic mass is 16.5. The zero-order valence-corrected chi connectivity index (χ0v) is 17.0. The fourth-order valence-electron chi connectivity index (χ4n) is 3.10. The Hall–Kier alpha value is -2.49. The van der Waals surface area contributed by atoms with E-state index in [0.717, 1.165) is 17.5 Å². The normalized spacial score (nSPS) is 11.9. The SMILES string of the molecule is COc1ccc(CCC(=O)NC(C)c2ccc(CC(C)C)cc2)cc1OC. The van der Waals surface area contributed by atoms with Crippen LogP contribution in [0.4, 0.5) is 0 Å². The lowest BCUT2D eigenvalue weighted by atomic mass is 10.00. The number of carbonyl (C=O) groups is 1. The van der Waals surface area contributed by atoms with Gasteiger partial charge in [-0.2, -0.15) is 0 Å². The third kappa shape index (κ3) is 6.31. The monoisotopic (exact) mass is 369 g/mol. The van der Waals surface area contributed by atoms with Crippen molar-refractivity contribution in [2.24, 2.45) is 5.92 Å². The van der Waals surface area contributed by atoms with Gasteiger partial charge in [-0.15, -0.1) is 0 Å². The average molecular weight is 370 g/mol. The Morgan fingerprint density at radius 2 is 1.56 bits per heavy atom. The molecular weight excluding hydrogens is 338 g/mol. The minimum atomic E-state index is -0.00370. The summed E-state index contributed by atoms with van der Waals surface area (Å²) in [5.74, 6) is 2.07. The Balaban J connectivity index is 1.88. The van der Waals surface area contributed by atoms with E-state index in [9.17, 15) is 4.79 Å². The molecule has 1 unspecified atom stereocenters. The van der Waals surface area contributed by atoms with E-state index in [1.807, 2.05) is 25.1 Å². The number of rotatable bonds is 9. The van der Waals surface area contributed by atoms with Crippen LogP contribution < -0.4 is 14.8 Å². The second-order valence-electron chi connectivity index (χ2n) is 7.32. The maximum atomic E-state index is 12.3. The van der Waals surface area contributed by atoms with Gasteiger partial charge in [-0.3, -0.25) is 4.79 Å². The first-order valence-corrected chi connectivity index (χ1v) is 9.52. The summed E-state index contributed by atoms with van der Waals surface area (Å²) in [4.78, 5) is 12.3. The number of amides is 1. The molecule has 0 aromatic heterocycles. The van der Waals surface area contributed by atoms with Crippen molar-refractivity contribution in [3.8, 4) is 11.5 Å². The number of methoxy groups -OCH3 is 2. The van der Waals surface area contributed by atoms with Crippen LogP contribution >= 0.6 is 0 Å². The van der Waals surface area contributed by atoms with Gasteiger partial charge >= 0.3 is 0 Å². The van der Waals surface area contributed by atoms with Crippen molar-refractivity contribution in [3.05, 3.63) is 59.2 Å². The molecule has 0 saturated heterocycles. The van der Waals surface area contributed by atoms with Crippen LogP contribution in [0.15, 0.2) is 42.5 Å². The molecule has 1 atom stereocenters. The van der Waals surface area contributed by atoms with E-state index in [4.69, 9.17) is 9.47 Å². The molecule has 2 aromatic carbocycles. The summed E-state index contributed by atoms with van der Waals surface area (Å²) >= 11 is 0. The maximum absolute atomic E-state index is 12.3. The van der Waals surface area contributed by atoms with Crippen molar-refractivity contribution in [2.45, 2.75) is 46.1 Å². The molecule has 2 rings (SSSR count). The van der Waals surface area contributed by atoms with Crippen molar-refractivity contribution in [1.82, 2.24) is 5.32 Å². The average Bonchev–Trinajstić information content (AvgIpc) is 2.66. The van der Waals surface area contributed by atoms with Gasteiger partial charge in [0.05, 0.1) is 20.3 Å². The van der Waals surface area contributed by atoms with Crippen LogP contribution in [0.5, 0.6) is 11.5 Å². The minimum Gasteiger partial charge on any atom is -0.493 e. The summed E-state index contributed by atoms with van der Waals surface area (Å²) in [6, 6.07) is 14.3. The van der Waals surface area contributed by atoms with Gasteiger partial charge in [0.2, 0.25) is 5.91 Å². The second-order valence-corrected chi connectivity index (χ2v) is 7.32. The first kappa shape index (κ1) is 20.8. The third-order valence-corrected chi connectivity index (χ3v) is 4.59. The molecule has 146 valence electrons. The van der Waals surface area contributed by atoms with Crippen molar-refractivity contribution < 1.29 is 14.3 Å². The molecule has 0 bridgehead atoms. The largest absolute Gasteiger partial charge is 0.493 e. The van der Waals surface area contributed by atoms with Gasteiger partial charge in [0.25, 0.3) is 0 Å². The topological polar surface area (TPSA) is 47.6 Å². The van der Waals surface area contributed by atoms with Gasteiger partial charge in [0.1, 0.15) is 0 Å². The summed E-state index contributed by atoms with van der Waals surface area (Å²) < 4.78 is 10.6. The van der Waals surface area contributed by atoms with E-state index < -0.39 is 0 Å². The lowest BCUT2D eigenvalue weighted by Gasteiger charge is -2.15. The van der Waals surface area contributed by atoms with Crippen LogP contribution in [0, 0.1) is 5.92 Å². The van der Waals surface area contributed by atoms with E-state index in [1.165, 1.54) is 5.56 Å². The van der Waals surface area contributed by atoms with E-state index in [1.54, 1.807) is 14.2 Å². The number of hydrogen-bond donors (Lipinski definition) is 1. The predicted octanol–water partition coefficient (Wildman–Crippen LogP) is 4.71. The molecule has 27 heavy (non-hydrogen) atoms. The molecule has 0 heterocycles. The summed E-state index contributed by atoms with van der Waals surface area (Å²) in [5.41, 5.74) is 3.51. The Kier molecular flexibility index (Phi) is 7.71. The first-order valence-electron chi connectivity index (χ1n) is 9.52. The number of carbonyl (C=O) groups excluding carboxylic acids is 1. The van der Waals surface area contributed by atoms with Crippen LogP contribution in [0.3, 0.4) is 0 Å². The number of ether oxygens (including phenoxy) is 2. The molecule has 1 amide bonds. The molecule has 4 nitrogen and oxygen atoms in total. The van der Waals surface area contributed by atoms with Crippen LogP contribution in [0.1, 0.15) is 49.9 Å². The Bertz CT molecular complexity index is 738. The summed E-state index contributed by atoms with van der Waals surface area (Å²) in [6.45, 7) is 6.45. The van der Waals surface area contributed by atoms with Crippen molar-refractivity contribution in [3.63, 3.8) is 0 Å². The number of nitrogens with one attached hydrogen (secondary N) is 1.